The molecule has 9 atom stereocenters. The van der Waals surface area contributed by atoms with Gasteiger partial charge in [0.1, 0.15) is 45.8 Å². The number of nitrogens with two attached hydrogens (primary N) is 1. The first kappa shape index (κ1) is 63.4. The lowest BCUT2D eigenvalue weighted by Crippen LogP contribution is -2.57. The first-order valence-electron chi connectivity index (χ1n) is 27.1. The number of aromatic nitrogens is 1. The number of carbonyl (C=O) groups excluding carboxylic acids is 4. The third kappa shape index (κ3) is 13.7. The molecule has 1 amide bonds. The van der Waals surface area contributed by atoms with E-state index in [2.05, 4.69) is 14.4 Å². The number of nitrogens with one attached hydrogen (secondary N) is 2. The number of alkyl halides is 3. The van der Waals surface area contributed by atoms with Crippen LogP contribution in [0, 0.1) is 17.8 Å². The Balaban J connectivity index is 0.000000188. The van der Waals surface area contributed by atoms with Crippen molar-refractivity contribution in [2.75, 3.05) is 44.2 Å². The van der Waals surface area contributed by atoms with Crippen LogP contribution in [0.2, 0.25) is 0 Å². The lowest BCUT2D eigenvalue weighted by molar-refractivity contribution is -0.159. The van der Waals surface area contributed by atoms with Crippen LogP contribution in [0.5, 0.6) is 0 Å². The molecule has 1 aromatic heterocycles. The van der Waals surface area contributed by atoms with Gasteiger partial charge in [0.2, 0.25) is 0 Å². The lowest BCUT2D eigenvalue weighted by atomic mass is 10.1. The molecular weight excluding hydrogens is 1110 g/mol. The van der Waals surface area contributed by atoms with E-state index in [9.17, 15) is 49.2 Å². The molecule has 3 aliphatic carbocycles. The van der Waals surface area contributed by atoms with E-state index in [1.54, 1.807) is 53.4 Å². The molecule has 4 N–H and O–H groups in total. The van der Waals surface area contributed by atoms with Crippen molar-refractivity contribution in [3.63, 3.8) is 0 Å². The number of nitrogens with zero attached hydrogens (tertiary/aromatic N) is 4. The summed E-state index contributed by atoms with van der Waals surface area (Å²) in [4.78, 5) is 55.9. The SMILES string of the molecule is C[C@H]1C(c2ccccc2)[C@]1(N)C(=O)OC(C)(C)C.C[C@H]1C(c2ccccc2)[C@]1(NS(=O)(=O)N1CCN(c2ccc(C(F)(F)F)cn2)CC1)C(=O)OC(C)(C)C.C[C@H]1C(c2ccccc2)[C@]1(NS(=O)(=O)N1CCOC1=O)C(=O)OC(C)(C)C. The highest BCUT2D eigenvalue weighted by molar-refractivity contribution is 7.87. The van der Waals surface area contributed by atoms with Crippen molar-refractivity contribution in [2.24, 2.45) is 23.5 Å². The number of amides is 1. The summed E-state index contributed by atoms with van der Waals surface area (Å²) >= 11 is 0. The smallest absolute Gasteiger partial charge is 0.424 e. The first-order valence-corrected chi connectivity index (χ1v) is 30.0. The molecule has 0 spiro atoms. The van der Waals surface area contributed by atoms with Crippen LogP contribution in [0.4, 0.5) is 23.8 Å². The van der Waals surface area contributed by atoms with E-state index in [1.165, 1.54) is 10.4 Å². The number of piperazine rings is 1. The van der Waals surface area contributed by atoms with Gasteiger partial charge in [-0.15, -0.1) is 0 Å². The molecule has 3 saturated carbocycles. The summed E-state index contributed by atoms with van der Waals surface area (Å²) in [5, 5.41) is 0. The van der Waals surface area contributed by atoms with Crippen molar-refractivity contribution < 1.29 is 68.1 Å². The Kier molecular flexibility index (Phi) is 17.9. The van der Waals surface area contributed by atoms with Gasteiger partial charge in [-0.3, -0.25) is 4.79 Å². The number of hydrogen-bond donors (Lipinski definition) is 3. The molecule has 9 rings (SSSR count). The van der Waals surface area contributed by atoms with Gasteiger partial charge in [-0.25, -0.2) is 19.4 Å². The van der Waals surface area contributed by atoms with Crippen LogP contribution in [-0.4, -0.2) is 127 Å². The quantitative estimate of drug-likeness (QED) is 0.0853. The molecule has 3 unspecified atom stereocenters. The maximum atomic E-state index is 13.5. The molecule has 2 saturated heterocycles. The van der Waals surface area contributed by atoms with Gasteiger partial charge < -0.3 is 29.6 Å². The Hall–Kier alpha value is -6.18. The van der Waals surface area contributed by atoms with Gasteiger partial charge in [0.25, 0.3) is 10.2 Å². The fourth-order valence-corrected chi connectivity index (χ4v) is 13.9. The number of anilines is 1. The second kappa shape index (κ2) is 23.1. The number of ether oxygens (including phenoxy) is 4. The Morgan fingerprint density at radius 1 is 0.585 bits per heavy atom. The van der Waals surface area contributed by atoms with E-state index < -0.39 is 95.4 Å². The number of cyclic esters (lactones) is 1. The average Bonchev–Trinajstić information content (AvgIpc) is 1.63. The second-order valence-electron chi connectivity index (χ2n) is 24.4. The number of pyridine rings is 1. The Morgan fingerprint density at radius 2 is 0.988 bits per heavy atom. The molecule has 2 aliphatic heterocycles. The summed E-state index contributed by atoms with van der Waals surface area (Å²) in [6.45, 7) is 22.0. The molecule has 4 aromatic rings. The van der Waals surface area contributed by atoms with Crippen LogP contribution < -0.4 is 20.1 Å². The summed E-state index contributed by atoms with van der Waals surface area (Å²) in [5.74, 6) is -2.54. The number of rotatable bonds is 13. The molecule has 448 valence electrons. The molecule has 82 heavy (non-hydrogen) atoms. The van der Waals surface area contributed by atoms with Crippen LogP contribution in [0.25, 0.3) is 0 Å². The third-order valence-corrected chi connectivity index (χ3v) is 18.3. The number of carbonyl (C=O) groups is 4. The molecule has 5 fully saturated rings. The van der Waals surface area contributed by atoms with Crippen molar-refractivity contribution >= 4 is 50.2 Å². The molecule has 0 bridgehead atoms. The predicted molar refractivity (Wildman–Crippen MR) is 300 cm³/mol. The molecular formula is C58H76F3N7O12S2. The summed E-state index contributed by atoms with van der Waals surface area (Å²) < 4.78 is 119. The fraction of sp³-hybridized carbons (Fsp3) is 0.534. The van der Waals surface area contributed by atoms with Gasteiger partial charge in [0, 0.05) is 50.1 Å². The minimum atomic E-state index is -4.48. The van der Waals surface area contributed by atoms with E-state index >= 15 is 0 Å². The van der Waals surface area contributed by atoms with Gasteiger partial charge in [0.05, 0.1) is 12.1 Å². The normalized spacial score (nSPS) is 27.3. The van der Waals surface area contributed by atoms with Crippen molar-refractivity contribution in [3.05, 3.63) is 132 Å². The molecule has 3 heterocycles. The van der Waals surface area contributed by atoms with Crippen molar-refractivity contribution in [2.45, 2.75) is 140 Å². The Morgan fingerprint density at radius 3 is 1.35 bits per heavy atom. The molecule has 0 radical (unpaired) electrons. The monoisotopic (exact) mass is 1180 g/mol. The second-order valence-corrected chi connectivity index (χ2v) is 27.7. The van der Waals surface area contributed by atoms with Gasteiger partial charge in [-0.2, -0.15) is 48.1 Å². The Labute approximate surface area is 479 Å². The number of halogens is 3. The number of hydrogen-bond acceptors (Lipinski definition) is 15. The highest BCUT2D eigenvalue weighted by Gasteiger charge is 2.73. The third-order valence-electron chi connectivity index (χ3n) is 15.1. The minimum absolute atomic E-state index is 0.0170. The van der Waals surface area contributed by atoms with E-state index in [-0.39, 0.29) is 69.0 Å². The zero-order valence-corrected chi connectivity index (χ0v) is 49.9. The van der Waals surface area contributed by atoms with Gasteiger partial charge >= 0.3 is 40.4 Å². The lowest BCUT2D eigenvalue weighted by Gasteiger charge is -2.35. The van der Waals surface area contributed by atoms with Crippen molar-refractivity contribution in [1.29, 1.82) is 0 Å². The van der Waals surface area contributed by atoms with Crippen LogP contribution in [0.15, 0.2) is 109 Å². The summed E-state index contributed by atoms with van der Waals surface area (Å²) in [5.41, 5.74) is 2.29. The standard InChI is InChI=1S/C25H31F3N4O4S.C18H24N2O6S.C15H21NO2/c1-17-21(18-8-6-5-7-9-18)24(17,22(33)36-23(2,3)4)30-37(34,35)32-14-12-31(13-15-32)20-11-10-19(16-29-20)25(26,27)28;1-12-14(13-8-6-5-7-9-13)18(12,15(21)26-17(2,3)4)19-27(23,24)20-10-11-25-16(20)22;1-10-12(11-8-6-5-7-9-11)15(10,16)13(17)18-14(2,3)4/h5-11,16-17,21,30H,12-15H2,1-4H3;5-9,12,14,19H,10-11H2,1-4H3;5-10,12H,16H2,1-4H3/t17-,21?,24-;12-,14?,18-;10-,12?,15-/m000/s1. The average molecular weight is 1180 g/mol. The largest absolute Gasteiger partial charge is 0.459 e. The van der Waals surface area contributed by atoms with Crippen molar-refractivity contribution in [3.8, 4) is 0 Å². The minimum Gasteiger partial charge on any atom is -0.459 e. The van der Waals surface area contributed by atoms with Crippen LogP contribution in [0.1, 0.15) is 123 Å². The predicted octanol–water partition coefficient (Wildman–Crippen LogP) is 7.82. The molecule has 5 aliphatic rings. The van der Waals surface area contributed by atoms with Crippen LogP contribution >= 0.6 is 0 Å². The molecule has 24 heteroatoms. The van der Waals surface area contributed by atoms with E-state index in [0.717, 1.165) is 29.0 Å². The highest BCUT2D eigenvalue weighted by atomic mass is 32.2. The van der Waals surface area contributed by atoms with Crippen molar-refractivity contribution in [1.82, 2.24) is 23.0 Å². The van der Waals surface area contributed by atoms with E-state index in [4.69, 9.17) is 24.7 Å². The first-order chi connectivity index (χ1) is 37.9. The van der Waals surface area contributed by atoms with E-state index in [1.807, 2.05) is 126 Å². The summed E-state index contributed by atoms with van der Waals surface area (Å²) in [6.07, 6.45) is -4.67. The fourth-order valence-electron chi connectivity index (χ4n) is 10.8. The maximum Gasteiger partial charge on any atom is 0.424 e. The summed E-state index contributed by atoms with van der Waals surface area (Å²) in [6, 6.07) is 30.6. The highest BCUT2D eigenvalue weighted by Crippen LogP contribution is 2.60. The number of esters is 3. The Bertz CT molecular complexity index is 3170. The topological polar surface area (TPSA) is 246 Å². The zero-order valence-electron chi connectivity index (χ0n) is 48.3. The van der Waals surface area contributed by atoms with Gasteiger partial charge in [-0.1, -0.05) is 112 Å². The van der Waals surface area contributed by atoms with Gasteiger partial charge in [0.15, 0.2) is 0 Å². The maximum absolute atomic E-state index is 13.5. The molecule has 3 aromatic carbocycles. The van der Waals surface area contributed by atoms with Gasteiger partial charge in [-0.05, 0) is 109 Å². The molecule has 19 nitrogen and oxygen atoms in total. The zero-order chi connectivity index (χ0) is 60.8. The van der Waals surface area contributed by atoms with Crippen LogP contribution in [-0.2, 0) is 59.9 Å². The summed E-state index contributed by atoms with van der Waals surface area (Å²) in [7, 11) is -8.37. The number of benzene rings is 3. The van der Waals surface area contributed by atoms with E-state index in [0.29, 0.717) is 10.1 Å². The van der Waals surface area contributed by atoms with Crippen LogP contribution in [0.3, 0.4) is 0 Å².